The molecule has 0 fully saturated rings. The highest BCUT2D eigenvalue weighted by molar-refractivity contribution is 4.91. The highest BCUT2D eigenvalue weighted by Gasteiger charge is 2.27. The monoisotopic (exact) mass is 228 g/mol. The summed E-state index contributed by atoms with van der Waals surface area (Å²) in [6.45, 7) is 7.79. The third-order valence-electron chi connectivity index (χ3n) is 2.83. The zero-order chi connectivity index (χ0) is 12.4. The molecule has 0 aromatic rings. The largest absolute Gasteiger partial charge is 0.396 e. The van der Waals surface area contributed by atoms with Crippen LogP contribution in [0.25, 0.3) is 0 Å². The molecule has 94 valence electrons. The van der Waals surface area contributed by atoms with Crippen LogP contribution in [0.2, 0.25) is 0 Å². The zero-order valence-corrected chi connectivity index (χ0v) is 10.4. The van der Waals surface area contributed by atoms with Crippen LogP contribution in [0.15, 0.2) is 24.8 Å². The maximum absolute atomic E-state index is 9.27. The Hall–Kier alpha value is -0.640. The van der Waals surface area contributed by atoms with Crippen molar-refractivity contribution in [2.24, 2.45) is 5.41 Å². The first-order valence-electron chi connectivity index (χ1n) is 5.75. The van der Waals surface area contributed by atoms with E-state index in [-0.39, 0.29) is 19.3 Å². The van der Waals surface area contributed by atoms with E-state index in [1.807, 2.05) is 26.0 Å². The first kappa shape index (κ1) is 15.4. The second-order valence-electron chi connectivity index (χ2n) is 4.07. The van der Waals surface area contributed by atoms with Gasteiger partial charge in [-0.1, -0.05) is 25.2 Å². The molecule has 0 aliphatic rings. The molecule has 0 spiro atoms. The fourth-order valence-electron chi connectivity index (χ4n) is 1.33. The van der Waals surface area contributed by atoms with E-state index in [9.17, 15) is 10.2 Å². The van der Waals surface area contributed by atoms with Gasteiger partial charge in [0.05, 0.1) is 25.9 Å². The van der Waals surface area contributed by atoms with Crippen LogP contribution in [-0.2, 0) is 4.74 Å². The summed E-state index contributed by atoms with van der Waals surface area (Å²) in [4.78, 5) is 0. The molecule has 1 unspecified atom stereocenters. The van der Waals surface area contributed by atoms with Crippen LogP contribution in [-0.4, -0.2) is 36.1 Å². The molecule has 1 atom stereocenters. The fourth-order valence-corrected chi connectivity index (χ4v) is 1.33. The SMILES string of the molecule is C=CCC(C=CC)OCC(CC)(CO)CO. The van der Waals surface area contributed by atoms with Gasteiger partial charge in [-0.25, -0.2) is 0 Å². The maximum Gasteiger partial charge on any atom is 0.0790 e. The summed E-state index contributed by atoms with van der Waals surface area (Å²) in [6, 6.07) is 0. The van der Waals surface area contributed by atoms with E-state index in [2.05, 4.69) is 6.58 Å². The Morgan fingerprint density at radius 1 is 1.38 bits per heavy atom. The normalized spacial score (nSPS) is 14.2. The molecule has 0 aromatic carbocycles. The minimum atomic E-state index is -0.527. The average Bonchev–Trinajstić information content (AvgIpc) is 2.32. The minimum absolute atomic E-state index is 0.0217. The summed E-state index contributed by atoms with van der Waals surface area (Å²) in [5.41, 5.74) is -0.527. The van der Waals surface area contributed by atoms with E-state index >= 15 is 0 Å². The molecular weight excluding hydrogens is 204 g/mol. The van der Waals surface area contributed by atoms with Crippen LogP contribution in [0.5, 0.6) is 0 Å². The lowest BCUT2D eigenvalue weighted by Crippen LogP contribution is -2.35. The fraction of sp³-hybridized carbons (Fsp3) is 0.692. The molecule has 0 aliphatic heterocycles. The van der Waals surface area contributed by atoms with Gasteiger partial charge in [-0.3, -0.25) is 0 Å². The number of allylic oxidation sites excluding steroid dienone is 1. The Labute approximate surface area is 98.4 Å². The highest BCUT2D eigenvalue weighted by atomic mass is 16.5. The lowest BCUT2D eigenvalue weighted by atomic mass is 9.88. The average molecular weight is 228 g/mol. The van der Waals surface area contributed by atoms with Crippen molar-refractivity contribution < 1.29 is 14.9 Å². The van der Waals surface area contributed by atoms with Crippen molar-refractivity contribution in [1.82, 2.24) is 0 Å². The van der Waals surface area contributed by atoms with Crippen LogP contribution in [0.3, 0.4) is 0 Å². The summed E-state index contributed by atoms with van der Waals surface area (Å²) in [5.74, 6) is 0. The molecule has 0 bridgehead atoms. The molecule has 0 saturated heterocycles. The number of ether oxygens (including phenoxy) is 1. The maximum atomic E-state index is 9.27. The smallest absolute Gasteiger partial charge is 0.0790 e. The van der Waals surface area contributed by atoms with E-state index in [0.29, 0.717) is 13.0 Å². The molecule has 0 amide bonds. The predicted molar refractivity (Wildman–Crippen MR) is 66.3 cm³/mol. The Bertz CT molecular complexity index is 199. The lowest BCUT2D eigenvalue weighted by molar-refractivity contribution is -0.0457. The molecule has 2 N–H and O–H groups in total. The highest BCUT2D eigenvalue weighted by Crippen LogP contribution is 2.22. The molecule has 0 heterocycles. The van der Waals surface area contributed by atoms with Gasteiger partial charge in [-0.15, -0.1) is 6.58 Å². The molecule has 3 nitrogen and oxygen atoms in total. The Kier molecular flexibility index (Phi) is 8.16. The van der Waals surface area contributed by atoms with Gasteiger partial charge >= 0.3 is 0 Å². The number of aliphatic hydroxyl groups is 2. The van der Waals surface area contributed by atoms with E-state index in [1.54, 1.807) is 6.08 Å². The standard InChI is InChI=1S/C13H24O3/c1-4-7-12(8-5-2)16-11-13(6-3,9-14)10-15/h4-5,8,12,14-15H,1,6-7,9-11H2,2-3H3. The van der Waals surface area contributed by atoms with Gasteiger partial charge in [0.2, 0.25) is 0 Å². The van der Waals surface area contributed by atoms with E-state index in [0.717, 1.165) is 6.42 Å². The Morgan fingerprint density at radius 2 is 2.00 bits per heavy atom. The third-order valence-corrected chi connectivity index (χ3v) is 2.83. The van der Waals surface area contributed by atoms with Crippen molar-refractivity contribution >= 4 is 0 Å². The number of rotatable bonds is 9. The topological polar surface area (TPSA) is 49.7 Å². The van der Waals surface area contributed by atoms with Crippen molar-refractivity contribution in [1.29, 1.82) is 0 Å². The summed E-state index contributed by atoms with van der Waals surface area (Å²) >= 11 is 0. The second kappa shape index (κ2) is 8.50. The quantitative estimate of drug-likeness (QED) is 0.593. The van der Waals surface area contributed by atoms with Crippen LogP contribution in [0, 0.1) is 5.41 Å². The van der Waals surface area contributed by atoms with E-state index < -0.39 is 5.41 Å². The van der Waals surface area contributed by atoms with Crippen LogP contribution < -0.4 is 0 Å². The molecule has 0 aliphatic carbocycles. The summed E-state index contributed by atoms with van der Waals surface area (Å²) < 4.78 is 5.68. The van der Waals surface area contributed by atoms with Crippen LogP contribution in [0.1, 0.15) is 26.7 Å². The second-order valence-corrected chi connectivity index (χ2v) is 4.07. The van der Waals surface area contributed by atoms with Crippen molar-refractivity contribution in [3.63, 3.8) is 0 Å². The van der Waals surface area contributed by atoms with Crippen molar-refractivity contribution in [3.05, 3.63) is 24.8 Å². The summed E-state index contributed by atoms with van der Waals surface area (Å²) in [5, 5.41) is 18.5. The molecular formula is C13H24O3. The van der Waals surface area contributed by atoms with Gasteiger partial charge in [0.1, 0.15) is 0 Å². The molecule has 0 radical (unpaired) electrons. The van der Waals surface area contributed by atoms with Gasteiger partial charge < -0.3 is 14.9 Å². The first-order chi connectivity index (χ1) is 7.67. The third kappa shape index (κ3) is 4.92. The first-order valence-corrected chi connectivity index (χ1v) is 5.75. The molecule has 3 heteroatoms. The number of hydrogen-bond acceptors (Lipinski definition) is 3. The zero-order valence-electron chi connectivity index (χ0n) is 10.4. The number of aliphatic hydroxyl groups excluding tert-OH is 2. The van der Waals surface area contributed by atoms with Crippen molar-refractivity contribution in [2.75, 3.05) is 19.8 Å². The number of hydrogen-bond donors (Lipinski definition) is 2. The van der Waals surface area contributed by atoms with Gasteiger partial charge in [0, 0.05) is 5.41 Å². The summed E-state index contributed by atoms with van der Waals surface area (Å²) in [6.07, 6.45) is 7.09. The van der Waals surface area contributed by atoms with E-state index in [4.69, 9.17) is 4.74 Å². The van der Waals surface area contributed by atoms with Gasteiger partial charge in [-0.05, 0) is 19.8 Å². The van der Waals surface area contributed by atoms with Crippen molar-refractivity contribution in [2.45, 2.75) is 32.8 Å². The van der Waals surface area contributed by atoms with Gasteiger partial charge in [-0.2, -0.15) is 0 Å². The molecule has 16 heavy (non-hydrogen) atoms. The summed E-state index contributed by atoms with van der Waals surface area (Å²) in [7, 11) is 0. The van der Waals surface area contributed by atoms with Crippen LogP contribution in [0.4, 0.5) is 0 Å². The Morgan fingerprint density at radius 3 is 2.38 bits per heavy atom. The lowest BCUT2D eigenvalue weighted by Gasteiger charge is -2.29. The molecule has 0 saturated carbocycles. The van der Waals surface area contributed by atoms with Crippen molar-refractivity contribution in [3.8, 4) is 0 Å². The van der Waals surface area contributed by atoms with Gasteiger partial charge in [0.25, 0.3) is 0 Å². The molecule has 0 aromatic heterocycles. The van der Waals surface area contributed by atoms with Gasteiger partial charge in [0.15, 0.2) is 0 Å². The van der Waals surface area contributed by atoms with Crippen LogP contribution >= 0.6 is 0 Å². The predicted octanol–water partition coefficient (Wildman–Crippen LogP) is 1.90. The minimum Gasteiger partial charge on any atom is -0.396 e. The van der Waals surface area contributed by atoms with E-state index in [1.165, 1.54) is 0 Å². The Balaban J connectivity index is 4.29. The molecule has 0 rings (SSSR count).